The average Bonchev–Trinajstić information content (AvgIpc) is 2.49. The van der Waals surface area contributed by atoms with Gasteiger partial charge in [-0.1, -0.05) is 50.5 Å². The second-order valence-corrected chi connectivity index (χ2v) is 5.44. The van der Waals surface area contributed by atoms with E-state index in [4.69, 9.17) is 0 Å². The van der Waals surface area contributed by atoms with Crippen LogP contribution in [0, 0.1) is 0 Å². The topological polar surface area (TPSA) is 51.2 Å². The van der Waals surface area contributed by atoms with E-state index in [1.54, 1.807) is 24.3 Å². The van der Waals surface area contributed by atoms with Crippen LogP contribution in [0.15, 0.2) is 29.8 Å². The predicted molar refractivity (Wildman–Crippen MR) is 82.1 cm³/mol. The number of carbonyl (C=O) groups is 3. The van der Waals surface area contributed by atoms with Crippen LogP contribution in [0.4, 0.5) is 0 Å². The minimum absolute atomic E-state index is 0.0397. The molecule has 0 bridgehead atoms. The third-order valence-electron chi connectivity index (χ3n) is 3.73. The van der Waals surface area contributed by atoms with Crippen LogP contribution in [0.3, 0.4) is 0 Å². The van der Waals surface area contributed by atoms with Gasteiger partial charge < -0.3 is 0 Å². The van der Waals surface area contributed by atoms with E-state index in [-0.39, 0.29) is 12.2 Å². The van der Waals surface area contributed by atoms with Crippen molar-refractivity contribution >= 4 is 23.4 Å². The molecule has 21 heavy (non-hydrogen) atoms. The van der Waals surface area contributed by atoms with E-state index >= 15 is 0 Å². The minimum Gasteiger partial charge on any atom is -0.299 e. The van der Waals surface area contributed by atoms with E-state index in [1.807, 2.05) is 6.07 Å². The summed E-state index contributed by atoms with van der Waals surface area (Å²) in [4.78, 5) is 36.0. The Hall–Kier alpha value is -2.03. The Morgan fingerprint density at radius 1 is 1.00 bits per heavy atom. The Bertz CT molecular complexity index is 596. The third kappa shape index (κ3) is 3.75. The zero-order valence-electron chi connectivity index (χ0n) is 12.4. The van der Waals surface area contributed by atoms with Gasteiger partial charge in [0, 0.05) is 24.0 Å². The van der Waals surface area contributed by atoms with Gasteiger partial charge in [-0.15, -0.1) is 0 Å². The number of rotatable bonds is 7. The van der Waals surface area contributed by atoms with Crippen molar-refractivity contribution in [3.8, 4) is 0 Å². The van der Waals surface area contributed by atoms with Crippen molar-refractivity contribution in [3.05, 3.63) is 41.0 Å². The molecule has 1 aliphatic carbocycles. The summed E-state index contributed by atoms with van der Waals surface area (Å²) < 4.78 is 0. The van der Waals surface area contributed by atoms with Gasteiger partial charge in [0.2, 0.25) is 11.6 Å². The molecular formula is C18H20O3. The standard InChI is InChI=1S/C18H20O3/c1-2-3-4-5-9-15(19)12-14-11-13-8-6-7-10-16(13)18(21)17(14)20/h6-8,10-11H,2-5,9,12H2,1H3. The summed E-state index contributed by atoms with van der Waals surface area (Å²) in [5.41, 5.74) is 1.50. The number of benzene rings is 1. The highest BCUT2D eigenvalue weighted by atomic mass is 16.2. The molecule has 110 valence electrons. The van der Waals surface area contributed by atoms with Crippen LogP contribution < -0.4 is 0 Å². The number of allylic oxidation sites excluding steroid dienone is 1. The summed E-state index contributed by atoms with van der Waals surface area (Å²) in [6.45, 7) is 2.12. The molecular weight excluding hydrogens is 264 g/mol. The first kappa shape index (κ1) is 15.4. The Labute approximate surface area is 125 Å². The SMILES string of the molecule is CCCCCCC(=O)CC1=Cc2ccccc2C(=O)C1=O. The van der Waals surface area contributed by atoms with Crippen molar-refractivity contribution < 1.29 is 14.4 Å². The van der Waals surface area contributed by atoms with Crippen LogP contribution in [-0.2, 0) is 9.59 Å². The van der Waals surface area contributed by atoms with Crippen LogP contribution in [0.1, 0.15) is 61.4 Å². The summed E-state index contributed by atoms with van der Waals surface area (Å²) >= 11 is 0. The fourth-order valence-corrected chi connectivity index (χ4v) is 2.53. The first-order chi connectivity index (χ1) is 10.1. The maximum atomic E-state index is 12.0. The number of hydrogen-bond acceptors (Lipinski definition) is 3. The summed E-state index contributed by atoms with van der Waals surface area (Å²) in [6, 6.07) is 7.01. The van der Waals surface area contributed by atoms with Gasteiger partial charge in [0.25, 0.3) is 0 Å². The van der Waals surface area contributed by atoms with Crippen molar-refractivity contribution in [1.82, 2.24) is 0 Å². The number of Topliss-reactive ketones (excluding diaryl/α,β-unsaturated/α-hetero) is 3. The monoisotopic (exact) mass is 284 g/mol. The van der Waals surface area contributed by atoms with Crippen LogP contribution in [0.5, 0.6) is 0 Å². The molecule has 3 nitrogen and oxygen atoms in total. The van der Waals surface area contributed by atoms with Crippen molar-refractivity contribution in [3.63, 3.8) is 0 Å². The molecule has 0 aliphatic heterocycles. The lowest BCUT2D eigenvalue weighted by atomic mass is 9.87. The molecule has 0 saturated carbocycles. The molecule has 2 rings (SSSR count). The highest BCUT2D eigenvalue weighted by Gasteiger charge is 2.27. The lowest BCUT2D eigenvalue weighted by molar-refractivity contribution is -0.120. The van der Waals surface area contributed by atoms with Gasteiger partial charge in [0.05, 0.1) is 0 Å². The van der Waals surface area contributed by atoms with Crippen molar-refractivity contribution in [2.24, 2.45) is 0 Å². The van der Waals surface area contributed by atoms with Gasteiger partial charge in [-0.05, 0) is 18.1 Å². The molecule has 1 aromatic rings. The van der Waals surface area contributed by atoms with E-state index in [1.165, 1.54) is 0 Å². The highest BCUT2D eigenvalue weighted by molar-refractivity contribution is 6.52. The van der Waals surface area contributed by atoms with Crippen LogP contribution in [0.2, 0.25) is 0 Å². The summed E-state index contributed by atoms with van der Waals surface area (Å²) in [5.74, 6) is -0.990. The summed E-state index contributed by atoms with van der Waals surface area (Å²) in [6.07, 6.45) is 6.40. The van der Waals surface area contributed by atoms with E-state index < -0.39 is 11.6 Å². The summed E-state index contributed by atoms with van der Waals surface area (Å²) in [7, 11) is 0. The first-order valence-corrected chi connectivity index (χ1v) is 7.53. The zero-order valence-corrected chi connectivity index (χ0v) is 12.4. The second kappa shape index (κ2) is 7.11. The van der Waals surface area contributed by atoms with Gasteiger partial charge in [0.1, 0.15) is 5.78 Å². The fraction of sp³-hybridized carbons (Fsp3) is 0.389. The van der Waals surface area contributed by atoms with Crippen LogP contribution >= 0.6 is 0 Å². The Balaban J connectivity index is 2.03. The fourth-order valence-electron chi connectivity index (χ4n) is 2.53. The zero-order chi connectivity index (χ0) is 15.2. The number of ketones is 3. The first-order valence-electron chi connectivity index (χ1n) is 7.53. The highest BCUT2D eigenvalue weighted by Crippen LogP contribution is 2.24. The van der Waals surface area contributed by atoms with Gasteiger partial charge in [-0.2, -0.15) is 0 Å². The molecule has 3 heteroatoms. The van der Waals surface area contributed by atoms with Crippen LogP contribution in [-0.4, -0.2) is 17.3 Å². The number of fused-ring (bicyclic) bond motifs is 1. The number of unbranched alkanes of at least 4 members (excludes halogenated alkanes) is 3. The number of carbonyl (C=O) groups excluding carboxylic acids is 3. The van der Waals surface area contributed by atoms with Crippen LogP contribution in [0.25, 0.3) is 6.08 Å². The molecule has 0 fully saturated rings. The van der Waals surface area contributed by atoms with E-state index in [0.717, 1.165) is 31.2 Å². The molecule has 1 aromatic carbocycles. The van der Waals surface area contributed by atoms with Crippen molar-refractivity contribution in [2.75, 3.05) is 0 Å². The molecule has 0 atom stereocenters. The van der Waals surface area contributed by atoms with Crippen molar-refractivity contribution in [2.45, 2.75) is 45.4 Å². The minimum atomic E-state index is -0.532. The van der Waals surface area contributed by atoms with Gasteiger partial charge >= 0.3 is 0 Å². The Kier molecular flexibility index (Phi) is 5.20. The molecule has 0 N–H and O–H groups in total. The van der Waals surface area contributed by atoms with E-state index in [2.05, 4.69) is 6.92 Å². The van der Waals surface area contributed by atoms with Gasteiger partial charge in [-0.25, -0.2) is 0 Å². The lowest BCUT2D eigenvalue weighted by Gasteiger charge is -2.13. The maximum absolute atomic E-state index is 12.0. The molecule has 0 saturated heterocycles. The maximum Gasteiger partial charge on any atom is 0.233 e. The van der Waals surface area contributed by atoms with E-state index in [0.29, 0.717) is 17.6 Å². The second-order valence-electron chi connectivity index (χ2n) is 5.44. The molecule has 0 amide bonds. The molecule has 0 spiro atoms. The van der Waals surface area contributed by atoms with Gasteiger partial charge in [-0.3, -0.25) is 14.4 Å². The normalized spacial score (nSPS) is 13.9. The van der Waals surface area contributed by atoms with Gasteiger partial charge in [0.15, 0.2) is 0 Å². The molecule has 0 heterocycles. The third-order valence-corrected chi connectivity index (χ3v) is 3.73. The molecule has 0 radical (unpaired) electrons. The smallest absolute Gasteiger partial charge is 0.233 e. The summed E-state index contributed by atoms with van der Waals surface area (Å²) in [5, 5.41) is 0. The lowest BCUT2D eigenvalue weighted by Crippen LogP contribution is -2.22. The Morgan fingerprint density at radius 3 is 2.52 bits per heavy atom. The molecule has 0 aromatic heterocycles. The van der Waals surface area contributed by atoms with Crippen molar-refractivity contribution in [1.29, 1.82) is 0 Å². The number of hydrogen-bond donors (Lipinski definition) is 0. The molecule has 1 aliphatic rings. The largest absolute Gasteiger partial charge is 0.299 e. The predicted octanol–water partition coefficient (Wildman–Crippen LogP) is 3.77. The quantitative estimate of drug-likeness (QED) is 0.566. The average molecular weight is 284 g/mol. The molecule has 0 unspecified atom stereocenters. The van der Waals surface area contributed by atoms with E-state index in [9.17, 15) is 14.4 Å². The Morgan fingerprint density at radius 2 is 1.76 bits per heavy atom.